The van der Waals surface area contributed by atoms with Crippen LogP contribution in [0.4, 0.5) is 14.5 Å². The summed E-state index contributed by atoms with van der Waals surface area (Å²) in [7, 11) is 0. The molecule has 1 aromatic carbocycles. The summed E-state index contributed by atoms with van der Waals surface area (Å²) in [5.41, 5.74) is 0.521. The molecule has 0 aromatic heterocycles. The highest BCUT2D eigenvalue weighted by Crippen LogP contribution is 2.26. The van der Waals surface area contributed by atoms with E-state index in [1.54, 1.807) is 12.1 Å². The van der Waals surface area contributed by atoms with Crippen LogP contribution < -0.4 is 16.0 Å². The zero-order valence-corrected chi connectivity index (χ0v) is 11.2. The molecule has 108 valence electrons. The maximum Gasteiger partial charge on any atom is 0.288 e. The molecule has 5 nitrogen and oxygen atoms in total. The molecule has 1 heterocycles. The first-order valence-corrected chi connectivity index (χ1v) is 6.78. The van der Waals surface area contributed by atoms with Crippen molar-refractivity contribution in [3.63, 3.8) is 0 Å². The van der Waals surface area contributed by atoms with Gasteiger partial charge >= 0.3 is 0 Å². The lowest BCUT2D eigenvalue weighted by atomic mass is 10.2. The summed E-state index contributed by atoms with van der Waals surface area (Å²) >= 11 is 0.448. The number of alkyl halides is 2. The molecule has 1 aliphatic heterocycles. The van der Waals surface area contributed by atoms with E-state index >= 15 is 0 Å². The first-order valence-electron chi connectivity index (χ1n) is 5.90. The molecule has 1 aromatic rings. The quantitative estimate of drug-likeness (QED) is 0.727. The molecule has 2 amide bonds. The van der Waals surface area contributed by atoms with Crippen LogP contribution in [0.5, 0.6) is 0 Å². The van der Waals surface area contributed by atoms with Crippen LogP contribution in [0.1, 0.15) is 0 Å². The van der Waals surface area contributed by atoms with Gasteiger partial charge in [0.2, 0.25) is 11.8 Å². The molecule has 1 fully saturated rings. The molecule has 1 atom stereocenters. The van der Waals surface area contributed by atoms with Crippen LogP contribution in [0.15, 0.2) is 29.2 Å². The van der Waals surface area contributed by atoms with Gasteiger partial charge in [0.05, 0.1) is 6.54 Å². The van der Waals surface area contributed by atoms with E-state index in [0.29, 0.717) is 22.3 Å². The van der Waals surface area contributed by atoms with Gasteiger partial charge in [0.15, 0.2) is 0 Å². The van der Waals surface area contributed by atoms with E-state index in [-0.39, 0.29) is 24.9 Å². The van der Waals surface area contributed by atoms with Gasteiger partial charge in [-0.15, -0.1) is 0 Å². The second-order valence-electron chi connectivity index (χ2n) is 4.13. The third-order valence-corrected chi connectivity index (χ3v) is 3.40. The third kappa shape index (κ3) is 4.17. The van der Waals surface area contributed by atoms with Gasteiger partial charge in [0, 0.05) is 17.1 Å². The summed E-state index contributed by atoms with van der Waals surface area (Å²) < 4.78 is 24.3. The fraction of sp³-hybridized carbons (Fsp3) is 0.333. The monoisotopic (exact) mass is 301 g/mol. The lowest BCUT2D eigenvalue weighted by Gasteiger charge is -2.23. The van der Waals surface area contributed by atoms with E-state index < -0.39 is 11.8 Å². The van der Waals surface area contributed by atoms with Crippen molar-refractivity contribution >= 4 is 29.3 Å². The number of hydrogen-bond donors (Lipinski definition) is 3. The number of carbonyl (C=O) groups excluding carboxylic acids is 2. The van der Waals surface area contributed by atoms with Gasteiger partial charge < -0.3 is 10.6 Å². The Labute approximate surface area is 118 Å². The summed E-state index contributed by atoms with van der Waals surface area (Å²) in [6.07, 6.45) is 0. The topological polar surface area (TPSA) is 70.2 Å². The number of benzene rings is 1. The van der Waals surface area contributed by atoms with E-state index in [2.05, 4.69) is 16.0 Å². The molecule has 1 unspecified atom stereocenters. The van der Waals surface area contributed by atoms with Gasteiger partial charge in [-0.3, -0.25) is 14.9 Å². The maximum absolute atomic E-state index is 12.2. The van der Waals surface area contributed by atoms with Crippen LogP contribution >= 0.6 is 11.8 Å². The SMILES string of the molecule is O=C1CNC(C(=O)Nc2ccc(SC(F)F)cc2)CN1. The molecule has 20 heavy (non-hydrogen) atoms. The van der Waals surface area contributed by atoms with Crippen molar-refractivity contribution in [2.24, 2.45) is 0 Å². The summed E-state index contributed by atoms with van der Waals surface area (Å²) in [6.45, 7) is 0.325. The van der Waals surface area contributed by atoms with Gasteiger partial charge in [-0.1, -0.05) is 11.8 Å². The zero-order valence-electron chi connectivity index (χ0n) is 10.4. The predicted octanol–water partition coefficient (Wildman–Crippen LogP) is 1.03. The van der Waals surface area contributed by atoms with Crippen molar-refractivity contribution in [1.29, 1.82) is 0 Å². The fourth-order valence-corrected chi connectivity index (χ4v) is 2.20. The van der Waals surface area contributed by atoms with Crippen molar-refractivity contribution < 1.29 is 18.4 Å². The molecule has 0 aliphatic carbocycles. The summed E-state index contributed by atoms with van der Waals surface area (Å²) in [5.74, 6) is -2.90. The van der Waals surface area contributed by atoms with Gasteiger partial charge in [0.25, 0.3) is 5.76 Å². The molecule has 0 spiro atoms. The van der Waals surface area contributed by atoms with Crippen molar-refractivity contribution in [2.75, 3.05) is 18.4 Å². The molecule has 8 heteroatoms. The van der Waals surface area contributed by atoms with Gasteiger partial charge in [-0.25, -0.2) is 0 Å². The Balaban J connectivity index is 1.89. The van der Waals surface area contributed by atoms with Gasteiger partial charge in [-0.05, 0) is 24.3 Å². The number of halogens is 2. The first-order chi connectivity index (χ1) is 9.54. The summed E-state index contributed by atoms with van der Waals surface area (Å²) in [5, 5.41) is 8.04. The number of thioether (sulfide) groups is 1. The minimum Gasteiger partial charge on any atom is -0.353 e. The number of amides is 2. The lowest BCUT2D eigenvalue weighted by molar-refractivity contribution is -0.124. The summed E-state index contributed by atoms with van der Waals surface area (Å²) in [6, 6.07) is 5.65. The van der Waals surface area contributed by atoms with Gasteiger partial charge in [0.1, 0.15) is 6.04 Å². The van der Waals surface area contributed by atoms with E-state index in [9.17, 15) is 18.4 Å². The molecule has 0 bridgehead atoms. The zero-order chi connectivity index (χ0) is 14.5. The smallest absolute Gasteiger partial charge is 0.288 e. The van der Waals surface area contributed by atoms with Crippen LogP contribution in [0, 0.1) is 0 Å². The van der Waals surface area contributed by atoms with Crippen molar-refractivity contribution in [3.8, 4) is 0 Å². The minimum absolute atomic E-state index is 0.0993. The first kappa shape index (κ1) is 14.7. The number of anilines is 1. The third-order valence-electron chi connectivity index (χ3n) is 2.68. The Morgan fingerprint density at radius 2 is 2.05 bits per heavy atom. The Morgan fingerprint density at radius 1 is 1.35 bits per heavy atom. The summed E-state index contributed by atoms with van der Waals surface area (Å²) in [4.78, 5) is 23.3. The molecular formula is C12H13F2N3O2S. The maximum atomic E-state index is 12.2. The molecule has 0 saturated carbocycles. The van der Waals surface area contributed by atoms with Crippen LogP contribution in [-0.4, -0.2) is 36.7 Å². The molecule has 2 rings (SSSR count). The highest BCUT2D eigenvalue weighted by molar-refractivity contribution is 7.99. The highest BCUT2D eigenvalue weighted by atomic mass is 32.2. The predicted molar refractivity (Wildman–Crippen MR) is 71.7 cm³/mol. The molecule has 1 saturated heterocycles. The van der Waals surface area contributed by atoms with Crippen LogP contribution in [0.25, 0.3) is 0 Å². The second-order valence-corrected chi connectivity index (χ2v) is 5.19. The Hall–Kier alpha value is -1.67. The number of carbonyl (C=O) groups is 2. The average molecular weight is 301 g/mol. The van der Waals surface area contributed by atoms with Crippen LogP contribution in [-0.2, 0) is 9.59 Å². The Bertz CT molecular complexity index is 486. The normalized spacial score (nSPS) is 18.8. The fourth-order valence-electron chi connectivity index (χ4n) is 1.70. The number of piperazine rings is 1. The average Bonchev–Trinajstić information content (AvgIpc) is 2.41. The molecule has 3 N–H and O–H groups in total. The van der Waals surface area contributed by atoms with E-state index in [1.165, 1.54) is 12.1 Å². The van der Waals surface area contributed by atoms with Crippen molar-refractivity contribution in [2.45, 2.75) is 16.7 Å². The highest BCUT2D eigenvalue weighted by Gasteiger charge is 2.23. The second kappa shape index (κ2) is 6.67. The van der Waals surface area contributed by atoms with Crippen molar-refractivity contribution in [3.05, 3.63) is 24.3 Å². The standard InChI is InChI=1S/C12H13F2N3O2S/c13-12(14)20-8-3-1-7(2-4-8)17-11(19)9-5-16-10(18)6-15-9/h1-4,9,12,15H,5-6H2,(H,16,18)(H,17,19). The molecule has 1 aliphatic rings. The number of hydrogen-bond acceptors (Lipinski definition) is 4. The largest absolute Gasteiger partial charge is 0.353 e. The minimum atomic E-state index is -2.47. The van der Waals surface area contributed by atoms with Crippen LogP contribution in [0.3, 0.4) is 0 Å². The number of rotatable bonds is 4. The van der Waals surface area contributed by atoms with Crippen LogP contribution in [0.2, 0.25) is 0 Å². The van der Waals surface area contributed by atoms with E-state index in [1.807, 2.05) is 0 Å². The van der Waals surface area contributed by atoms with E-state index in [4.69, 9.17) is 0 Å². The Morgan fingerprint density at radius 3 is 2.60 bits per heavy atom. The van der Waals surface area contributed by atoms with Crippen molar-refractivity contribution in [1.82, 2.24) is 10.6 Å². The lowest BCUT2D eigenvalue weighted by Crippen LogP contribution is -2.56. The molecular weight excluding hydrogens is 288 g/mol. The molecule has 0 radical (unpaired) electrons. The number of nitrogens with one attached hydrogen (secondary N) is 3. The van der Waals surface area contributed by atoms with Gasteiger partial charge in [-0.2, -0.15) is 8.78 Å². The Kier molecular flexibility index (Phi) is 4.91. The van der Waals surface area contributed by atoms with E-state index in [0.717, 1.165) is 0 Å².